The van der Waals surface area contributed by atoms with E-state index in [1.165, 1.54) is 6.92 Å². The van der Waals surface area contributed by atoms with Gasteiger partial charge in [0.1, 0.15) is 0 Å². The molecule has 126 valence electrons. The number of esters is 3. The smallest absolute Gasteiger partial charge is 0.324 e. The first-order chi connectivity index (χ1) is 10.6. The zero-order chi connectivity index (χ0) is 17.8. The van der Waals surface area contributed by atoms with Gasteiger partial charge in [-0.1, -0.05) is 6.42 Å². The van der Waals surface area contributed by atoms with Crippen LogP contribution in [-0.2, 0) is 28.6 Å². The van der Waals surface area contributed by atoms with Crippen LogP contribution < -0.4 is 0 Å². The Morgan fingerprint density at radius 1 is 1.14 bits per heavy atom. The summed E-state index contributed by atoms with van der Waals surface area (Å²) in [5, 5.41) is 0. The predicted molar refractivity (Wildman–Crippen MR) is 78.9 cm³/mol. The lowest BCUT2D eigenvalue weighted by Crippen LogP contribution is -2.47. The van der Waals surface area contributed by atoms with Gasteiger partial charge >= 0.3 is 17.9 Å². The topological polar surface area (TPSA) is 78.9 Å². The molecule has 2 atom stereocenters. The van der Waals surface area contributed by atoms with Gasteiger partial charge in [-0.3, -0.25) is 14.4 Å². The number of hydrogen-bond acceptors (Lipinski definition) is 6. The van der Waals surface area contributed by atoms with Gasteiger partial charge in [-0.2, -0.15) is 0 Å². The fourth-order valence-electron chi connectivity index (χ4n) is 2.62. The average molecular weight is 315 g/mol. The number of carbonyl (C=O) groups is 3. The Morgan fingerprint density at radius 2 is 1.64 bits per heavy atom. The lowest BCUT2D eigenvalue weighted by Gasteiger charge is -2.32. The summed E-state index contributed by atoms with van der Waals surface area (Å²) in [4.78, 5) is 36.5. The molecule has 0 bridgehead atoms. The fourth-order valence-corrected chi connectivity index (χ4v) is 2.62. The zero-order valence-electron chi connectivity index (χ0n) is 14.9. The zero-order valence-corrected chi connectivity index (χ0v) is 13.9. The number of rotatable bonds is 6. The third kappa shape index (κ3) is 4.21. The van der Waals surface area contributed by atoms with E-state index in [1.807, 2.05) is 0 Å². The summed E-state index contributed by atoms with van der Waals surface area (Å²) in [6.45, 7) is 6.63. The van der Waals surface area contributed by atoms with Gasteiger partial charge in [0.25, 0.3) is 0 Å². The first-order valence-electron chi connectivity index (χ1n) is 8.20. The van der Waals surface area contributed by atoms with Crippen LogP contribution in [0.5, 0.6) is 0 Å². The Hall–Kier alpha value is -1.59. The molecule has 0 saturated heterocycles. The molecule has 22 heavy (non-hydrogen) atoms. The molecule has 1 rings (SSSR count). The van der Waals surface area contributed by atoms with Crippen molar-refractivity contribution in [3.05, 3.63) is 0 Å². The molecule has 0 aliphatic heterocycles. The van der Waals surface area contributed by atoms with Gasteiger partial charge in [0.15, 0.2) is 5.41 Å². The largest absolute Gasteiger partial charge is 0.466 e. The highest BCUT2D eigenvalue weighted by atomic mass is 16.6. The average Bonchev–Trinajstić information content (AvgIpc) is 2.81. The Balaban J connectivity index is 3.18. The maximum absolute atomic E-state index is 12.7. The fraction of sp³-hybridized carbons (Fsp3) is 0.812. The highest BCUT2D eigenvalue weighted by molar-refractivity contribution is 6.01. The molecule has 6 nitrogen and oxygen atoms in total. The quantitative estimate of drug-likeness (QED) is 0.425. The normalized spacial score (nSPS) is 22.1. The molecule has 0 radical (unpaired) electrons. The van der Waals surface area contributed by atoms with Crippen LogP contribution in [0, 0.1) is 11.3 Å². The Bertz CT molecular complexity index is 437. The van der Waals surface area contributed by atoms with Gasteiger partial charge in [0.2, 0.25) is 0 Å². The molecule has 0 N–H and O–H groups in total. The summed E-state index contributed by atoms with van der Waals surface area (Å²) in [5.74, 6) is -2.81. The van der Waals surface area contributed by atoms with Gasteiger partial charge in [-0.25, -0.2) is 0 Å². The lowest BCUT2D eigenvalue weighted by atomic mass is 9.78. The van der Waals surface area contributed by atoms with Crippen molar-refractivity contribution < 1.29 is 30.0 Å². The molecule has 0 aromatic rings. The van der Waals surface area contributed by atoms with Crippen LogP contribution in [-0.4, -0.2) is 36.7 Å². The molecule has 0 spiro atoms. The van der Waals surface area contributed by atoms with Crippen LogP contribution >= 0.6 is 0 Å². The maximum Gasteiger partial charge on any atom is 0.324 e. The first-order valence-corrected chi connectivity index (χ1v) is 7.63. The Kier molecular flexibility index (Phi) is 5.80. The molecule has 0 aromatic heterocycles. The van der Waals surface area contributed by atoms with Gasteiger partial charge in [-0.15, -0.1) is 0 Å². The van der Waals surface area contributed by atoms with Gasteiger partial charge in [0, 0.05) is 12.8 Å². The van der Waals surface area contributed by atoms with E-state index in [0.717, 1.165) is 0 Å². The second-order valence-electron chi connectivity index (χ2n) is 6.12. The summed E-state index contributed by atoms with van der Waals surface area (Å²) < 4.78 is 23.5. The van der Waals surface area contributed by atoms with Crippen LogP contribution in [0.25, 0.3) is 0 Å². The van der Waals surface area contributed by atoms with Crippen molar-refractivity contribution in [2.24, 2.45) is 11.3 Å². The molecule has 0 unspecified atom stereocenters. The van der Waals surface area contributed by atoms with E-state index >= 15 is 0 Å². The summed E-state index contributed by atoms with van der Waals surface area (Å²) in [7, 11) is 0. The Morgan fingerprint density at radius 3 is 2.05 bits per heavy atom. The second-order valence-corrected chi connectivity index (χ2v) is 6.12. The van der Waals surface area contributed by atoms with E-state index in [1.54, 1.807) is 27.7 Å². The van der Waals surface area contributed by atoms with Gasteiger partial charge < -0.3 is 14.2 Å². The van der Waals surface area contributed by atoms with Crippen molar-refractivity contribution in [3.63, 3.8) is 0 Å². The summed E-state index contributed by atoms with van der Waals surface area (Å²) in [6.07, 6.45) is 0.408. The molecular formula is C16H26O6. The van der Waals surface area contributed by atoms with E-state index in [9.17, 15) is 14.4 Å². The molecule has 1 fully saturated rings. The van der Waals surface area contributed by atoms with Crippen LogP contribution in [0.4, 0.5) is 0 Å². The lowest BCUT2D eigenvalue weighted by molar-refractivity contribution is -0.182. The number of carbonyl (C=O) groups excluding carboxylic acids is 3. The van der Waals surface area contributed by atoms with E-state index in [0.29, 0.717) is 12.8 Å². The molecule has 1 aliphatic carbocycles. The number of hydrogen-bond donors (Lipinski definition) is 0. The minimum Gasteiger partial charge on any atom is -0.466 e. The third-order valence-corrected chi connectivity index (χ3v) is 3.53. The van der Waals surface area contributed by atoms with Crippen molar-refractivity contribution >= 4 is 17.9 Å². The second kappa shape index (κ2) is 7.61. The summed E-state index contributed by atoms with van der Waals surface area (Å²) in [6, 6.07) is 0. The van der Waals surface area contributed by atoms with E-state index in [2.05, 4.69) is 0 Å². The molecule has 0 aromatic carbocycles. The standard InChI is InChI=1S/C16H26O6/c1-10(2)21-14(18)16(15(19)22-11(3)4)8-6-7-13(16)9-20-12(5)17/h10-11,13H,6-9H2,1-5H3/t13-/m1/s1/i9D/t9-,13-. The SMILES string of the molecule is [2H][C@@H](OC(C)=O)[C@H]1CCCC1(C(=O)OC(C)C)C(=O)OC(C)C. The van der Waals surface area contributed by atoms with Crippen LogP contribution in [0.15, 0.2) is 0 Å². The van der Waals surface area contributed by atoms with Crippen LogP contribution in [0.2, 0.25) is 0 Å². The number of ether oxygens (including phenoxy) is 3. The first kappa shape index (κ1) is 16.8. The third-order valence-electron chi connectivity index (χ3n) is 3.53. The summed E-state index contributed by atoms with van der Waals surface area (Å²) >= 11 is 0. The van der Waals surface area contributed by atoms with Crippen molar-refractivity contribution in [2.45, 2.75) is 66.1 Å². The van der Waals surface area contributed by atoms with Crippen LogP contribution in [0.3, 0.4) is 0 Å². The molecule has 0 amide bonds. The molecule has 1 aliphatic rings. The van der Waals surface area contributed by atoms with Crippen LogP contribution in [0.1, 0.15) is 55.3 Å². The van der Waals surface area contributed by atoms with Crippen molar-refractivity contribution in [2.75, 3.05) is 6.58 Å². The molecular weight excluding hydrogens is 288 g/mol. The molecule has 6 heteroatoms. The Labute approximate surface area is 132 Å². The predicted octanol–water partition coefficient (Wildman–Crippen LogP) is 2.24. The van der Waals surface area contributed by atoms with E-state index < -0.39 is 48.0 Å². The van der Waals surface area contributed by atoms with Gasteiger partial charge in [-0.05, 0) is 40.5 Å². The maximum atomic E-state index is 12.7. The van der Waals surface area contributed by atoms with Crippen molar-refractivity contribution in [1.82, 2.24) is 0 Å². The monoisotopic (exact) mass is 315 g/mol. The highest BCUT2D eigenvalue weighted by Gasteiger charge is 2.58. The van der Waals surface area contributed by atoms with E-state index in [4.69, 9.17) is 15.6 Å². The van der Waals surface area contributed by atoms with Crippen molar-refractivity contribution in [3.8, 4) is 0 Å². The van der Waals surface area contributed by atoms with E-state index in [-0.39, 0.29) is 6.42 Å². The summed E-state index contributed by atoms with van der Waals surface area (Å²) in [5.41, 5.74) is -1.59. The molecule has 0 heterocycles. The minimum atomic E-state index is -1.59. The molecule has 1 saturated carbocycles. The van der Waals surface area contributed by atoms with Gasteiger partial charge in [0.05, 0.1) is 20.2 Å². The van der Waals surface area contributed by atoms with Crippen molar-refractivity contribution in [1.29, 1.82) is 0 Å². The minimum absolute atomic E-state index is 0.228. The highest BCUT2D eigenvalue weighted by Crippen LogP contribution is 2.46.